The normalized spacial score (nSPS) is 19.0. The van der Waals surface area contributed by atoms with Gasteiger partial charge in [0.2, 0.25) is 0 Å². The summed E-state index contributed by atoms with van der Waals surface area (Å²) in [5.74, 6) is 3.24. The molecule has 0 aromatic heterocycles. The number of hydrogen-bond acceptors (Lipinski definition) is 4. The molecule has 0 fully saturated rings. The smallest absolute Gasteiger partial charge is 0.308 e. The summed E-state index contributed by atoms with van der Waals surface area (Å²) in [5, 5.41) is 9.81. The molecule has 35 heavy (non-hydrogen) atoms. The minimum Gasteiger partial charge on any atom is -0.487 e. The van der Waals surface area contributed by atoms with Gasteiger partial charge in [0.05, 0.1) is 0 Å². The Morgan fingerprint density at radius 1 is 1.00 bits per heavy atom. The molecule has 0 radical (unpaired) electrons. The van der Waals surface area contributed by atoms with E-state index in [0.29, 0.717) is 11.3 Å². The van der Waals surface area contributed by atoms with Crippen LogP contribution in [0.5, 0.6) is 11.5 Å². The summed E-state index contributed by atoms with van der Waals surface area (Å²) in [6.45, 7) is 16.9. The number of nitriles is 1. The molecule has 4 heteroatoms. The third-order valence-corrected chi connectivity index (χ3v) is 7.93. The molecule has 1 aliphatic rings. The van der Waals surface area contributed by atoms with Crippen molar-refractivity contribution in [1.82, 2.24) is 0 Å². The average molecular weight is 484 g/mol. The molecule has 1 aliphatic heterocycles. The van der Waals surface area contributed by atoms with Crippen LogP contribution in [0, 0.1) is 42.9 Å². The second-order valence-corrected chi connectivity index (χ2v) is 11.9. The van der Waals surface area contributed by atoms with Gasteiger partial charge in [0.1, 0.15) is 23.0 Å². The summed E-state index contributed by atoms with van der Waals surface area (Å²) in [4.78, 5) is 11.6. The third kappa shape index (κ3) is 8.55. The molecule has 0 amide bonds. The first-order chi connectivity index (χ1) is 16.5. The minimum atomic E-state index is -0.403. The highest BCUT2D eigenvalue weighted by Crippen LogP contribution is 2.45. The van der Waals surface area contributed by atoms with E-state index in [0.717, 1.165) is 65.9 Å². The topological polar surface area (TPSA) is 59.3 Å². The van der Waals surface area contributed by atoms with Crippen molar-refractivity contribution in [1.29, 1.82) is 5.26 Å². The molecule has 1 aromatic rings. The van der Waals surface area contributed by atoms with E-state index in [1.165, 1.54) is 51.9 Å². The molecule has 0 saturated heterocycles. The number of ether oxygens (including phenoxy) is 2. The van der Waals surface area contributed by atoms with Gasteiger partial charge < -0.3 is 9.47 Å². The number of esters is 1. The Hall–Kier alpha value is -2.02. The van der Waals surface area contributed by atoms with Crippen LogP contribution in [0.1, 0.15) is 128 Å². The van der Waals surface area contributed by atoms with Crippen molar-refractivity contribution in [2.75, 3.05) is 0 Å². The maximum absolute atomic E-state index is 11.6. The number of benzene rings is 1. The van der Waals surface area contributed by atoms with Crippen molar-refractivity contribution in [3.05, 3.63) is 22.3 Å². The van der Waals surface area contributed by atoms with Gasteiger partial charge in [-0.2, -0.15) is 5.26 Å². The van der Waals surface area contributed by atoms with Crippen LogP contribution < -0.4 is 9.47 Å². The first kappa shape index (κ1) is 29.2. The largest absolute Gasteiger partial charge is 0.487 e. The van der Waals surface area contributed by atoms with Gasteiger partial charge in [-0.05, 0) is 75.3 Å². The van der Waals surface area contributed by atoms with Gasteiger partial charge >= 0.3 is 5.97 Å². The first-order valence-electron chi connectivity index (χ1n) is 13.9. The van der Waals surface area contributed by atoms with E-state index in [-0.39, 0.29) is 5.60 Å². The van der Waals surface area contributed by atoms with Crippen LogP contribution in [0.3, 0.4) is 0 Å². The van der Waals surface area contributed by atoms with E-state index in [2.05, 4.69) is 40.7 Å². The Morgan fingerprint density at radius 2 is 1.57 bits per heavy atom. The molecule has 0 saturated carbocycles. The van der Waals surface area contributed by atoms with E-state index in [4.69, 9.17) is 9.47 Å². The van der Waals surface area contributed by atoms with E-state index in [1.807, 2.05) is 13.8 Å². The predicted molar refractivity (Wildman–Crippen MR) is 144 cm³/mol. The van der Waals surface area contributed by atoms with Crippen LogP contribution in [0.2, 0.25) is 0 Å². The van der Waals surface area contributed by atoms with Gasteiger partial charge in [-0.25, -0.2) is 0 Å². The fraction of sp³-hybridized carbons (Fsp3) is 0.742. The molecule has 3 atom stereocenters. The Bertz CT molecular complexity index is 898. The zero-order valence-corrected chi connectivity index (χ0v) is 23.7. The summed E-state index contributed by atoms with van der Waals surface area (Å²) in [7, 11) is 0. The Labute approximate surface area is 214 Å². The fourth-order valence-electron chi connectivity index (χ4n) is 5.44. The van der Waals surface area contributed by atoms with Gasteiger partial charge in [-0.1, -0.05) is 72.6 Å². The van der Waals surface area contributed by atoms with Crippen LogP contribution in [0.25, 0.3) is 0 Å². The average Bonchev–Trinajstić information content (AvgIpc) is 2.77. The molecular formula is C31H49NO3. The molecule has 0 spiro atoms. The molecule has 1 heterocycles. The van der Waals surface area contributed by atoms with Gasteiger partial charge in [-0.3, -0.25) is 4.79 Å². The molecule has 196 valence electrons. The number of rotatable bonds is 13. The molecule has 0 bridgehead atoms. The Balaban J connectivity index is 1.87. The van der Waals surface area contributed by atoms with E-state index in [9.17, 15) is 10.1 Å². The monoisotopic (exact) mass is 483 g/mol. The number of nitrogens with zero attached hydrogens (tertiary/aromatic N) is 1. The molecule has 4 nitrogen and oxygen atoms in total. The van der Waals surface area contributed by atoms with E-state index in [1.54, 1.807) is 0 Å². The number of hydrogen-bond donors (Lipinski definition) is 0. The van der Waals surface area contributed by atoms with Crippen LogP contribution in [0.4, 0.5) is 0 Å². The van der Waals surface area contributed by atoms with E-state index >= 15 is 0 Å². The van der Waals surface area contributed by atoms with Crippen molar-refractivity contribution in [3.8, 4) is 17.6 Å². The minimum absolute atomic E-state index is 0.218. The lowest BCUT2D eigenvalue weighted by Gasteiger charge is -2.38. The van der Waals surface area contributed by atoms with Crippen LogP contribution in [-0.2, 0) is 11.2 Å². The zero-order valence-electron chi connectivity index (χ0n) is 23.7. The Morgan fingerprint density at radius 3 is 2.11 bits per heavy atom. The third-order valence-electron chi connectivity index (χ3n) is 7.93. The molecule has 1 aromatic carbocycles. The van der Waals surface area contributed by atoms with Gasteiger partial charge in [-0.15, -0.1) is 0 Å². The second kappa shape index (κ2) is 13.3. The summed E-state index contributed by atoms with van der Waals surface area (Å²) in [6, 6.07) is 2.27. The molecule has 0 unspecified atom stereocenters. The molecule has 2 rings (SSSR count). The SMILES string of the molecule is CC(=O)Oc1c(C)c(C)c2c(c1C#N)CC[C@@](C)(CCC[C@H](C)CCC[C@H](C)CCCC(C)C)O2. The highest BCUT2D eigenvalue weighted by Gasteiger charge is 2.35. The quantitative estimate of drug-likeness (QED) is 0.208. The number of carbonyl (C=O) groups excluding carboxylic acids is 1. The standard InChI is InChI=1S/C31H49NO3/c1-21(2)12-9-13-22(3)14-10-15-23(4)16-11-18-31(8)19-17-27-28(20-32)29(34-26(7)33)24(5)25(6)30(27)35-31/h21-23H,9-19H2,1-8H3/t22-,23-,31-/m1/s1. The lowest BCUT2D eigenvalue weighted by Crippen LogP contribution is -2.37. The highest BCUT2D eigenvalue weighted by molar-refractivity contribution is 5.73. The van der Waals surface area contributed by atoms with E-state index < -0.39 is 5.97 Å². The highest BCUT2D eigenvalue weighted by atomic mass is 16.5. The van der Waals surface area contributed by atoms with Crippen LogP contribution >= 0.6 is 0 Å². The maximum Gasteiger partial charge on any atom is 0.308 e. The lowest BCUT2D eigenvalue weighted by atomic mass is 9.83. The van der Waals surface area contributed by atoms with Crippen molar-refractivity contribution in [2.24, 2.45) is 17.8 Å². The van der Waals surface area contributed by atoms with Crippen molar-refractivity contribution in [3.63, 3.8) is 0 Å². The number of carbonyl (C=O) groups is 1. The van der Waals surface area contributed by atoms with Crippen LogP contribution in [-0.4, -0.2) is 11.6 Å². The fourth-order valence-corrected chi connectivity index (χ4v) is 5.44. The van der Waals surface area contributed by atoms with Gasteiger partial charge in [0, 0.05) is 12.5 Å². The molecular weight excluding hydrogens is 434 g/mol. The van der Waals surface area contributed by atoms with Crippen molar-refractivity contribution < 1.29 is 14.3 Å². The maximum atomic E-state index is 11.6. The van der Waals surface area contributed by atoms with Crippen LogP contribution in [0.15, 0.2) is 0 Å². The summed E-state index contributed by atoms with van der Waals surface area (Å²) in [5.41, 5.74) is 2.90. The lowest BCUT2D eigenvalue weighted by molar-refractivity contribution is -0.131. The predicted octanol–water partition coefficient (Wildman–Crippen LogP) is 8.62. The molecule has 0 aliphatic carbocycles. The zero-order chi connectivity index (χ0) is 26.2. The molecule has 0 N–H and O–H groups in total. The van der Waals surface area contributed by atoms with Crippen molar-refractivity contribution in [2.45, 2.75) is 132 Å². The first-order valence-corrected chi connectivity index (χ1v) is 13.9. The summed E-state index contributed by atoms with van der Waals surface area (Å²) >= 11 is 0. The van der Waals surface area contributed by atoms with Gasteiger partial charge in [0.25, 0.3) is 0 Å². The van der Waals surface area contributed by atoms with Crippen molar-refractivity contribution >= 4 is 5.97 Å². The second-order valence-electron chi connectivity index (χ2n) is 11.9. The Kier molecular flexibility index (Phi) is 11.1. The summed E-state index contributed by atoms with van der Waals surface area (Å²) < 4.78 is 12.0. The number of fused-ring (bicyclic) bond motifs is 1. The summed E-state index contributed by atoms with van der Waals surface area (Å²) in [6.07, 6.45) is 13.2. The van der Waals surface area contributed by atoms with Gasteiger partial charge in [0.15, 0.2) is 5.75 Å².